The highest BCUT2D eigenvalue weighted by Crippen LogP contribution is 2.32. The summed E-state index contributed by atoms with van der Waals surface area (Å²) < 4.78 is 5.95. The SMILES string of the molecule is Cc1ccc(Oc2ccc(N3C(=O)/C(=C/c4ccc(N(C)C)cc4)C(=O)N(c4ccccc4)C3=S)cc2)cc1. The van der Waals surface area contributed by atoms with E-state index in [2.05, 4.69) is 0 Å². The zero-order valence-corrected chi connectivity index (χ0v) is 22.7. The molecule has 7 heteroatoms. The molecule has 0 atom stereocenters. The van der Waals surface area contributed by atoms with Gasteiger partial charge in [0.05, 0.1) is 11.4 Å². The Balaban J connectivity index is 1.51. The van der Waals surface area contributed by atoms with Crippen LogP contribution >= 0.6 is 12.2 Å². The normalized spacial score (nSPS) is 14.6. The Hall–Kier alpha value is -4.75. The van der Waals surface area contributed by atoms with Crippen LogP contribution in [-0.2, 0) is 9.59 Å². The Morgan fingerprint density at radius 2 is 1.21 bits per heavy atom. The lowest BCUT2D eigenvalue weighted by molar-refractivity contribution is -0.120. The molecule has 0 bridgehead atoms. The van der Waals surface area contributed by atoms with E-state index >= 15 is 0 Å². The average Bonchev–Trinajstić information content (AvgIpc) is 2.94. The van der Waals surface area contributed by atoms with Crippen molar-refractivity contribution < 1.29 is 14.3 Å². The smallest absolute Gasteiger partial charge is 0.270 e. The Labute approximate surface area is 233 Å². The minimum atomic E-state index is -0.485. The van der Waals surface area contributed by atoms with Gasteiger partial charge in [-0.25, -0.2) is 0 Å². The van der Waals surface area contributed by atoms with Crippen LogP contribution in [0.4, 0.5) is 17.1 Å². The maximum absolute atomic E-state index is 13.8. The summed E-state index contributed by atoms with van der Waals surface area (Å²) in [5.74, 6) is 0.375. The fourth-order valence-electron chi connectivity index (χ4n) is 4.20. The van der Waals surface area contributed by atoms with Gasteiger partial charge in [-0.2, -0.15) is 0 Å². The summed E-state index contributed by atoms with van der Waals surface area (Å²) >= 11 is 5.73. The molecular weight excluding hydrogens is 506 g/mol. The minimum Gasteiger partial charge on any atom is -0.457 e. The molecule has 39 heavy (non-hydrogen) atoms. The van der Waals surface area contributed by atoms with Gasteiger partial charge in [-0.3, -0.25) is 19.4 Å². The van der Waals surface area contributed by atoms with Gasteiger partial charge in [-0.05, 0) is 91.4 Å². The van der Waals surface area contributed by atoms with Gasteiger partial charge in [0.2, 0.25) is 0 Å². The molecular formula is C32H27N3O3S. The number of carbonyl (C=O) groups is 2. The summed E-state index contributed by atoms with van der Waals surface area (Å²) in [6, 6.07) is 31.6. The minimum absolute atomic E-state index is 0.0186. The number of anilines is 3. The van der Waals surface area contributed by atoms with Crippen molar-refractivity contribution in [3.05, 3.63) is 120 Å². The van der Waals surface area contributed by atoms with Crippen molar-refractivity contribution in [3.8, 4) is 11.5 Å². The molecule has 1 saturated heterocycles. The lowest BCUT2D eigenvalue weighted by atomic mass is 10.0. The summed E-state index contributed by atoms with van der Waals surface area (Å²) in [6.07, 6.45) is 1.61. The number of hydrogen-bond acceptors (Lipinski definition) is 5. The number of rotatable bonds is 6. The van der Waals surface area contributed by atoms with E-state index in [1.807, 2.05) is 92.6 Å². The van der Waals surface area contributed by atoms with Gasteiger partial charge in [0.15, 0.2) is 5.11 Å². The Morgan fingerprint density at radius 1 is 0.692 bits per heavy atom. The Kier molecular flexibility index (Phi) is 7.25. The van der Waals surface area contributed by atoms with Gasteiger partial charge in [0, 0.05) is 19.8 Å². The van der Waals surface area contributed by atoms with Crippen molar-refractivity contribution in [3.63, 3.8) is 0 Å². The summed E-state index contributed by atoms with van der Waals surface area (Å²) in [5, 5.41) is 0.0866. The third-order valence-corrected chi connectivity index (χ3v) is 6.70. The summed E-state index contributed by atoms with van der Waals surface area (Å²) in [4.78, 5) is 32.2. The molecule has 4 aromatic carbocycles. The first kappa shape index (κ1) is 25.9. The number of aryl methyl sites for hydroxylation is 1. The number of thiocarbonyl (C=S) groups is 1. The van der Waals surface area contributed by atoms with Crippen molar-refractivity contribution in [2.24, 2.45) is 0 Å². The monoisotopic (exact) mass is 533 g/mol. The topological polar surface area (TPSA) is 53.1 Å². The van der Waals surface area contributed by atoms with Gasteiger partial charge in [-0.15, -0.1) is 0 Å². The number of carbonyl (C=O) groups excluding carboxylic acids is 2. The quantitative estimate of drug-likeness (QED) is 0.159. The van der Waals surface area contributed by atoms with E-state index in [1.165, 1.54) is 9.80 Å². The zero-order valence-electron chi connectivity index (χ0n) is 21.9. The van der Waals surface area contributed by atoms with Crippen LogP contribution in [0.25, 0.3) is 6.08 Å². The zero-order chi connectivity index (χ0) is 27.5. The molecule has 4 aromatic rings. The van der Waals surface area contributed by atoms with Crippen LogP contribution in [0.1, 0.15) is 11.1 Å². The van der Waals surface area contributed by atoms with E-state index in [4.69, 9.17) is 17.0 Å². The van der Waals surface area contributed by atoms with Gasteiger partial charge in [-0.1, -0.05) is 48.0 Å². The first-order valence-corrected chi connectivity index (χ1v) is 12.8. The summed E-state index contributed by atoms with van der Waals surface area (Å²) in [5.41, 5.74) is 4.02. The average molecular weight is 534 g/mol. The van der Waals surface area contributed by atoms with Gasteiger partial charge in [0.1, 0.15) is 17.1 Å². The van der Waals surface area contributed by atoms with Crippen molar-refractivity contribution in [1.29, 1.82) is 0 Å². The summed E-state index contributed by atoms with van der Waals surface area (Å²) in [7, 11) is 3.91. The van der Waals surface area contributed by atoms with E-state index in [9.17, 15) is 9.59 Å². The van der Waals surface area contributed by atoms with Crippen LogP contribution in [0.3, 0.4) is 0 Å². The lowest BCUT2D eigenvalue weighted by Gasteiger charge is -2.36. The van der Waals surface area contributed by atoms with Crippen LogP contribution in [0.5, 0.6) is 11.5 Å². The molecule has 0 aliphatic carbocycles. The van der Waals surface area contributed by atoms with Crippen LogP contribution in [0.2, 0.25) is 0 Å². The summed E-state index contributed by atoms with van der Waals surface area (Å²) in [6.45, 7) is 2.02. The predicted molar refractivity (Wildman–Crippen MR) is 160 cm³/mol. The molecule has 194 valence electrons. The van der Waals surface area contributed by atoms with Crippen molar-refractivity contribution in [2.75, 3.05) is 28.8 Å². The number of nitrogens with zero attached hydrogens (tertiary/aromatic N) is 3. The number of benzene rings is 4. The number of amides is 2. The Bertz CT molecular complexity index is 1550. The van der Waals surface area contributed by atoms with Crippen molar-refractivity contribution >= 4 is 52.3 Å². The van der Waals surface area contributed by atoms with Crippen molar-refractivity contribution in [1.82, 2.24) is 0 Å². The molecule has 1 heterocycles. The van der Waals surface area contributed by atoms with Gasteiger partial charge in [0.25, 0.3) is 11.8 Å². The molecule has 0 N–H and O–H groups in total. The van der Waals surface area contributed by atoms with E-state index in [1.54, 1.807) is 42.5 Å². The van der Waals surface area contributed by atoms with Crippen LogP contribution in [-0.4, -0.2) is 31.0 Å². The molecule has 0 spiro atoms. The third kappa shape index (κ3) is 5.44. The molecule has 0 unspecified atom stereocenters. The lowest BCUT2D eigenvalue weighted by Crippen LogP contribution is -2.56. The van der Waals surface area contributed by atoms with E-state index in [-0.39, 0.29) is 10.7 Å². The number of para-hydroxylation sites is 1. The molecule has 1 aliphatic heterocycles. The van der Waals surface area contributed by atoms with E-state index in [0.29, 0.717) is 22.9 Å². The number of hydrogen-bond donors (Lipinski definition) is 0. The number of ether oxygens (including phenoxy) is 1. The fourth-order valence-corrected chi connectivity index (χ4v) is 4.58. The molecule has 6 nitrogen and oxygen atoms in total. The second kappa shape index (κ2) is 10.9. The molecule has 0 aromatic heterocycles. The highest BCUT2D eigenvalue weighted by molar-refractivity contribution is 7.81. The second-order valence-electron chi connectivity index (χ2n) is 9.35. The Morgan fingerprint density at radius 3 is 1.74 bits per heavy atom. The standard InChI is InChI=1S/C32H27N3O3S/c1-22-9-17-27(18-10-22)38-28-19-15-26(16-20-28)35-31(37)29(21-23-11-13-24(14-12-23)33(2)3)30(36)34(32(35)39)25-7-5-4-6-8-25/h4-21H,1-3H3/b29-21+. The predicted octanol–water partition coefficient (Wildman–Crippen LogP) is 6.60. The maximum atomic E-state index is 13.8. The molecule has 0 radical (unpaired) electrons. The highest BCUT2D eigenvalue weighted by Gasteiger charge is 2.41. The maximum Gasteiger partial charge on any atom is 0.270 e. The molecule has 1 fully saturated rings. The third-order valence-electron chi connectivity index (χ3n) is 6.34. The molecule has 5 rings (SSSR count). The molecule has 2 amide bonds. The van der Waals surface area contributed by atoms with E-state index in [0.717, 1.165) is 16.8 Å². The highest BCUT2D eigenvalue weighted by atomic mass is 32.1. The van der Waals surface area contributed by atoms with Crippen LogP contribution < -0.4 is 19.4 Å². The van der Waals surface area contributed by atoms with E-state index < -0.39 is 11.8 Å². The largest absolute Gasteiger partial charge is 0.457 e. The second-order valence-corrected chi connectivity index (χ2v) is 9.72. The van der Waals surface area contributed by atoms with Crippen LogP contribution in [0.15, 0.2) is 109 Å². The van der Waals surface area contributed by atoms with Gasteiger partial charge >= 0.3 is 0 Å². The molecule has 1 aliphatic rings. The van der Waals surface area contributed by atoms with Crippen LogP contribution in [0, 0.1) is 6.92 Å². The van der Waals surface area contributed by atoms with Gasteiger partial charge < -0.3 is 9.64 Å². The first-order valence-electron chi connectivity index (χ1n) is 12.4. The van der Waals surface area contributed by atoms with Crippen molar-refractivity contribution in [2.45, 2.75) is 6.92 Å². The first-order chi connectivity index (χ1) is 18.8. The fraction of sp³-hybridized carbons (Fsp3) is 0.0938. The molecule has 0 saturated carbocycles.